The largest absolute Gasteiger partial charge is 0.378 e. The summed E-state index contributed by atoms with van der Waals surface area (Å²) in [6.07, 6.45) is 3.45. The molecule has 3 heterocycles. The quantitative estimate of drug-likeness (QED) is 0.859. The number of ether oxygens (including phenoxy) is 2. The van der Waals surface area contributed by atoms with E-state index in [-0.39, 0.29) is 5.60 Å². The normalized spacial score (nSPS) is 45.9. The van der Waals surface area contributed by atoms with Gasteiger partial charge in [-0.2, -0.15) is 23.5 Å². The highest BCUT2D eigenvalue weighted by Gasteiger charge is 2.45. The molecule has 0 aromatic heterocycles. The van der Waals surface area contributed by atoms with E-state index >= 15 is 0 Å². The van der Waals surface area contributed by atoms with Gasteiger partial charge in [0.25, 0.3) is 0 Å². The maximum Gasteiger partial charge on any atom is 0.0939 e. The lowest BCUT2D eigenvalue weighted by Crippen LogP contribution is -2.52. The fourth-order valence-electron chi connectivity index (χ4n) is 3.96. The fraction of sp³-hybridized carbons (Fsp3) is 1.00. The van der Waals surface area contributed by atoms with Crippen molar-refractivity contribution in [3.05, 3.63) is 0 Å². The molecular formula is C16H29NO2S2. The Labute approximate surface area is 137 Å². The van der Waals surface area contributed by atoms with Gasteiger partial charge in [-0.15, -0.1) is 0 Å². The first-order chi connectivity index (χ1) is 10.1. The van der Waals surface area contributed by atoms with Crippen molar-refractivity contribution in [1.82, 2.24) is 5.32 Å². The molecule has 3 saturated heterocycles. The Hall–Kier alpha value is 0.580. The van der Waals surface area contributed by atoms with Gasteiger partial charge in [-0.3, -0.25) is 0 Å². The van der Waals surface area contributed by atoms with E-state index in [1.807, 2.05) is 0 Å². The SMILES string of the molecule is CNC(C1CCOC2(CCOC2)C1)C1CSC(C)C(C)S1. The molecular weight excluding hydrogens is 302 g/mol. The second-order valence-corrected chi connectivity index (χ2v) is 9.85. The minimum atomic E-state index is 0.0312. The van der Waals surface area contributed by atoms with Gasteiger partial charge in [-0.1, -0.05) is 13.8 Å². The zero-order valence-corrected chi connectivity index (χ0v) is 15.1. The summed E-state index contributed by atoms with van der Waals surface area (Å²) in [6, 6.07) is 0.610. The Kier molecular flexibility index (Phi) is 5.48. The van der Waals surface area contributed by atoms with Crippen molar-refractivity contribution in [3.63, 3.8) is 0 Å². The number of nitrogens with one attached hydrogen (secondary N) is 1. The van der Waals surface area contributed by atoms with Crippen LogP contribution in [0.25, 0.3) is 0 Å². The third kappa shape index (κ3) is 3.57. The van der Waals surface area contributed by atoms with Crippen LogP contribution in [0, 0.1) is 5.92 Å². The van der Waals surface area contributed by atoms with E-state index in [4.69, 9.17) is 9.47 Å². The van der Waals surface area contributed by atoms with E-state index in [2.05, 4.69) is 49.7 Å². The third-order valence-corrected chi connectivity index (χ3v) is 8.93. The number of hydrogen-bond acceptors (Lipinski definition) is 5. The molecule has 0 aromatic carbocycles. The van der Waals surface area contributed by atoms with Gasteiger partial charge in [0.05, 0.1) is 12.2 Å². The van der Waals surface area contributed by atoms with Gasteiger partial charge in [0.2, 0.25) is 0 Å². The highest BCUT2D eigenvalue weighted by molar-refractivity contribution is 8.07. The molecule has 3 rings (SSSR count). The van der Waals surface area contributed by atoms with Gasteiger partial charge >= 0.3 is 0 Å². The molecule has 0 radical (unpaired) electrons. The zero-order valence-electron chi connectivity index (χ0n) is 13.5. The van der Waals surface area contributed by atoms with Gasteiger partial charge in [0.1, 0.15) is 0 Å². The van der Waals surface area contributed by atoms with Crippen LogP contribution in [0.4, 0.5) is 0 Å². The molecule has 21 heavy (non-hydrogen) atoms. The molecule has 6 unspecified atom stereocenters. The van der Waals surface area contributed by atoms with Crippen LogP contribution in [0.15, 0.2) is 0 Å². The van der Waals surface area contributed by atoms with E-state index in [1.54, 1.807) is 0 Å². The average molecular weight is 332 g/mol. The van der Waals surface area contributed by atoms with Crippen LogP contribution in [-0.2, 0) is 9.47 Å². The lowest BCUT2D eigenvalue weighted by molar-refractivity contribution is -0.102. The third-order valence-electron chi connectivity index (χ3n) is 5.41. The maximum absolute atomic E-state index is 6.11. The topological polar surface area (TPSA) is 30.5 Å². The first-order valence-corrected chi connectivity index (χ1v) is 10.3. The maximum atomic E-state index is 6.11. The monoisotopic (exact) mass is 331 g/mol. The molecule has 3 nitrogen and oxygen atoms in total. The van der Waals surface area contributed by atoms with Crippen molar-refractivity contribution in [2.45, 2.75) is 60.5 Å². The number of rotatable bonds is 3. The highest BCUT2D eigenvalue weighted by Crippen LogP contribution is 2.43. The Bertz CT molecular complexity index is 349. The molecule has 0 saturated carbocycles. The molecule has 0 aromatic rings. The Morgan fingerprint density at radius 3 is 2.76 bits per heavy atom. The van der Waals surface area contributed by atoms with Crippen LogP contribution in [-0.4, -0.2) is 60.0 Å². The Morgan fingerprint density at radius 2 is 2.10 bits per heavy atom. The van der Waals surface area contributed by atoms with Crippen molar-refractivity contribution in [2.75, 3.05) is 32.6 Å². The van der Waals surface area contributed by atoms with E-state index in [0.29, 0.717) is 6.04 Å². The summed E-state index contributed by atoms with van der Waals surface area (Å²) in [5.41, 5.74) is 0.0312. The van der Waals surface area contributed by atoms with Gasteiger partial charge in [0.15, 0.2) is 0 Å². The minimum absolute atomic E-state index is 0.0312. The van der Waals surface area contributed by atoms with Gasteiger partial charge in [-0.25, -0.2) is 0 Å². The molecule has 3 fully saturated rings. The molecule has 1 spiro atoms. The standard InChI is InChI=1S/C16H29NO2S2/c1-11-12(2)21-14(9-20-11)15(17-3)13-4-6-19-16(8-13)5-7-18-10-16/h11-15,17H,4-10H2,1-3H3. The van der Waals surface area contributed by atoms with Gasteiger partial charge in [0, 0.05) is 47.2 Å². The van der Waals surface area contributed by atoms with E-state index in [0.717, 1.165) is 47.9 Å². The minimum Gasteiger partial charge on any atom is -0.378 e. The second-order valence-electron chi connectivity index (χ2n) is 6.82. The predicted octanol–water partition coefficient (Wildman–Crippen LogP) is 2.79. The molecule has 0 amide bonds. The molecule has 1 N–H and O–H groups in total. The van der Waals surface area contributed by atoms with E-state index in [9.17, 15) is 0 Å². The summed E-state index contributed by atoms with van der Waals surface area (Å²) < 4.78 is 11.7. The second kappa shape index (κ2) is 7.00. The van der Waals surface area contributed by atoms with Crippen LogP contribution in [0.1, 0.15) is 33.1 Å². The lowest BCUT2D eigenvalue weighted by atomic mass is 9.80. The Balaban J connectivity index is 1.65. The molecule has 3 aliphatic rings. The molecule has 122 valence electrons. The summed E-state index contributed by atoms with van der Waals surface area (Å²) >= 11 is 4.35. The number of hydrogen-bond donors (Lipinski definition) is 1. The molecule has 0 aliphatic carbocycles. The predicted molar refractivity (Wildman–Crippen MR) is 92.5 cm³/mol. The molecule has 5 heteroatoms. The smallest absolute Gasteiger partial charge is 0.0939 e. The molecule has 6 atom stereocenters. The van der Waals surface area contributed by atoms with Crippen molar-refractivity contribution in [3.8, 4) is 0 Å². The van der Waals surface area contributed by atoms with Crippen LogP contribution in [0.3, 0.4) is 0 Å². The van der Waals surface area contributed by atoms with E-state index < -0.39 is 0 Å². The van der Waals surface area contributed by atoms with E-state index in [1.165, 1.54) is 18.6 Å². The van der Waals surface area contributed by atoms with Crippen LogP contribution in [0.5, 0.6) is 0 Å². The lowest BCUT2D eigenvalue weighted by Gasteiger charge is -2.44. The van der Waals surface area contributed by atoms with Crippen LogP contribution in [0.2, 0.25) is 0 Å². The summed E-state index contributed by atoms with van der Waals surface area (Å²) in [5, 5.41) is 5.93. The molecule has 3 aliphatic heterocycles. The van der Waals surface area contributed by atoms with Crippen LogP contribution < -0.4 is 5.32 Å². The van der Waals surface area contributed by atoms with Crippen molar-refractivity contribution >= 4 is 23.5 Å². The first-order valence-electron chi connectivity index (χ1n) is 8.29. The molecule has 0 bridgehead atoms. The number of thioether (sulfide) groups is 2. The summed E-state index contributed by atoms with van der Waals surface area (Å²) in [5.74, 6) is 2.01. The van der Waals surface area contributed by atoms with Crippen LogP contribution >= 0.6 is 23.5 Å². The summed E-state index contributed by atoms with van der Waals surface area (Å²) in [7, 11) is 2.14. The zero-order chi connectivity index (χ0) is 14.9. The summed E-state index contributed by atoms with van der Waals surface area (Å²) in [6.45, 7) is 7.34. The van der Waals surface area contributed by atoms with Gasteiger partial charge < -0.3 is 14.8 Å². The first kappa shape index (κ1) is 16.4. The van der Waals surface area contributed by atoms with Crippen molar-refractivity contribution in [1.29, 1.82) is 0 Å². The van der Waals surface area contributed by atoms with Crippen molar-refractivity contribution < 1.29 is 9.47 Å². The van der Waals surface area contributed by atoms with Crippen molar-refractivity contribution in [2.24, 2.45) is 5.92 Å². The average Bonchev–Trinajstić information content (AvgIpc) is 2.91. The Morgan fingerprint density at radius 1 is 1.24 bits per heavy atom. The summed E-state index contributed by atoms with van der Waals surface area (Å²) in [4.78, 5) is 0. The van der Waals surface area contributed by atoms with Gasteiger partial charge in [-0.05, 0) is 25.8 Å². The fourth-order valence-corrected chi connectivity index (χ4v) is 7.21. The highest BCUT2D eigenvalue weighted by atomic mass is 32.2.